The molecule has 1 aromatic rings. The highest BCUT2D eigenvalue weighted by Gasteiger charge is 2.19. The van der Waals surface area contributed by atoms with E-state index >= 15 is 0 Å². The summed E-state index contributed by atoms with van der Waals surface area (Å²) in [6.45, 7) is 2.71. The summed E-state index contributed by atoms with van der Waals surface area (Å²) < 4.78 is 12.8. The molecule has 0 aliphatic carbocycles. The van der Waals surface area contributed by atoms with Gasteiger partial charge in [-0.05, 0) is 30.5 Å². The van der Waals surface area contributed by atoms with Gasteiger partial charge in [0, 0.05) is 32.7 Å². The standard InChI is InChI=1S/C15H22FN3O/c1-18(10-12-2-4-13(16)5-3-12)15(20)11-19-8-6-14(17)7-9-19/h2-5,14H,6-11,17H2,1H3. The molecule has 0 atom stereocenters. The average molecular weight is 279 g/mol. The van der Waals surface area contributed by atoms with Gasteiger partial charge in [0.1, 0.15) is 5.82 Å². The maximum Gasteiger partial charge on any atom is 0.236 e. The van der Waals surface area contributed by atoms with Crippen molar-refractivity contribution in [2.75, 3.05) is 26.7 Å². The smallest absolute Gasteiger partial charge is 0.236 e. The molecule has 1 amide bonds. The second-order valence-electron chi connectivity index (χ2n) is 5.49. The highest BCUT2D eigenvalue weighted by molar-refractivity contribution is 5.78. The molecule has 110 valence electrons. The first kappa shape index (κ1) is 14.9. The van der Waals surface area contributed by atoms with Crippen LogP contribution in [0, 0.1) is 5.82 Å². The second kappa shape index (κ2) is 6.81. The number of rotatable bonds is 4. The molecule has 0 unspecified atom stereocenters. The average Bonchev–Trinajstić information content (AvgIpc) is 2.44. The van der Waals surface area contributed by atoms with E-state index in [4.69, 9.17) is 5.73 Å². The molecule has 1 aromatic carbocycles. The Balaban J connectivity index is 1.81. The number of hydrogen-bond donors (Lipinski definition) is 1. The van der Waals surface area contributed by atoms with Crippen molar-refractivity contribution in [2.24, 2.45) is 5.73 Å². The summed E-state index contributed by atoms with van der Waals surface area (Å²) in [6, 6.07) is 6.52. The minimum atomic E-state index is -0.257. The molecule has 4 nitrogen and oxygen atoms in total. The summed E-state index contributed by atoms with van der Waals surface area (Å²) in [4.78, 5) is 16.0. The number of benzene rings is 1. The lowest BCUT2D eigenvalue weighted by molar-refractivity contribution is -0.131. The van der Waals surface area contributed by atoms with E-state index < -0.39 is 0 Å². The molecule has 1 heterocycles. The van der Waals surface area contributed by atoms with E-state index in [9.17, 15) is 9.18 Å². The Kier molecular flexibility index (Phi) is 5.09. The van der Waals surface area contributed by atoms with Crippen LogP contribution in [-0.4, -0.2) is 48.4 Å². The Morgan fingerprint density at radius 3 is 2.55 bits per heavy atom. The molecule has 1 saturated heterocycles. The van der Waals surface area contributed by atoms with E-state index in [0.29, 0.717) is 13.1 Å². The maximum absolute atomic E-state index is 12.8. The van der Waals surface area contributed by atoms with Crippen molar-refractivity contribution in [1.82, 2.24) is 9.80 Å². The van der Waals surface area contributed by atoms with E-state index in [2.05, 4.69) is 4.90 Å². The maximum atomic E-state index is 12.8. The van der Waals surface area contributed by atoms with Gasteiger partial charge < -0.3 is 10.6 Å². The molecular weight excluding hydrogens is 257 g/mol. The minimum absolute atomic E-state index is 0.0878. The van der Waals surface area contributed by atoms with Gasteiger partial charge in [0.15, 0.2) is 0 Å². The van der Waals surface area contributed by atoms with Crippen LogP contribution in [0.25, 0.3) is 0 Å². The van der Waals surface area contributed by atoms with Gasteiger partial charge in [0.25, 0.3) is 0 Å². The van der Waals surface area contributed by atoms with Crippen LogP contribution in [0.4, 0.5) is 4.39 Å². The number of amides is 1. The number of likely N-dealkylation sites (N-methyl/N-ethyl adjacent to an activating group) is 1. The summed E-state index contributed by atoms with van der Waals surface area (Å²) in [6.07, 6.45) is 1.91. The monoisotopic (exact) mass is 279 g/mol. The van der Waals surface area contributed by atoms with Gasteiger partial charge in [0.2, 0.25) is 5.91 Å². The largest absolute Gasteiger partial charge is 0.340 e. The van der Waals surface area contributed by atoms with Gasteiger partial charge in [-0.25, -0.2) is 4.39 Å². The Bertz CT molecular complexity index is 441. The van der Waals surface area contributed by atoms with Crippen molar-refractivity contribution < 1.29 is 9.18 Å². The fourth-order valence-corrected chi connectivity index (χ4v) is 2.37. The number of carbonyl (C=O) groups is 1. The summed E-state index contributed by atoms with van der Waals surface area (Å²) >= 11 is 0. The molecule has 0 radical (unpaired) electrons. The van der Waals surface area contributed by atoms with Crippen molar-refractivity contribution in [3.05, 3.63) is 35.6 Å². The van der Waals surface area contributed by atoms with E-state index in [1.165, 1.54) is 12.1 Å². The first-order valence-electron chi connectivity index (χ1n) is 7.01. The van der Waals surface area contributed by atoms with Crippen LogP contribution in [-0.2, 0) is 11.3 Å². The zero-order valence-electron chi connectivity index (χ0n) is 11.9. The summed E-state index contributed by atoms with van der Waals surface area (Å²) in [5.41, 5.74) is 6.78. The number of hydrogen-bond acceptors (Lipinski definition) is 3. The SMILES string of the molecule is CN(Cc1ccc(F)cc1)C(=O)CN1CCC(N)CC1. The second-order valence-corrected chi connectivity index (χ2v) is 5.49. The third-order valence-electron chi connectivity index (χ3n) is 3.75. The van der Waals surface area contributed by atoms with Crippen LogP contribution in [0.1, 0.15) is 18.4 Å². The summed E-state index contributed by atoms with van der Waals surface area (Å²) in [5, 5.41) is 0. The Morgan fingerprint density at radius 2 is 1.95 bits per heavy atom. The lowest BCUT2D eigenvalue weighted by Gasteiger charge is -2.30. The molecule has 2 rings (SSSR count). The first-order valence-corrected chi connectivity index (χ1v) is 7.01. The van der Waals surface area contributed by atoms with E-state index in [1.807, 2.05) is 0 Å². The number of nitrogens with two attached hydrogens (primary N) is 1. The molecule has 1 fully saturated rings. The number of carbonyl (C=O) groups excluding carboxylic acids is 1. The van der Waals surface area contributed by atoms with E-state index in [0.717, 1.165) is 31.5 Å². The molecule has 1 aliphatic rings. The summed E-state index contributed by atoms with van der Waals surface area (Å²) in [7, 11) is 1.78. The van der Waals surface area contributed by atoms with Crippen LogP contribution in [0.5, 0.6) is 0 Å². The molecule has 0 saturated carbocycles. The van der Waals surface area contributed by atoms with Crippen LogP contribution in [0.15, 0.2) is 24.3 Å². The number of nitrogens with zero attached hydrogens (tertiary/aromatic N) is 2. The topological polar surface area (TPSA) is 49.6 Å². The van der Waals surface area contributed by atoms with Gasteiger partial charge in [0.05, 0.1) is 6.54 Å². The van der Waals surface area contributed by atoms with Crippen LogP contribution in [0.2, 0.25) is 0 Å². The molecule has 0 aromatic heterocycles. The van der Waals surface area contributed by atoms with Crippen molar-refractivity contribution >= 4 is 5.91 Å². The van der Waals surface area contributed by atoms with Gasteiger partial charge in [-0.2, -0.15) is 0 Å². The lowest BCUT2D eigenvalue weighted by Crippen LogP contribution is -2.44. The molecule has 0 bridgehead atoms. The normalized spacial score (nSPS) is 17.1. The summed E-state index contributed by atoms with van der Waals surface area (Å²) in [5.74, 6) is -0.169. The zero-order chi connectivity index (χ0) is 14.5. The number of piperidine rings is 1. The van der Waals surface area contributed by atoms with E-state index in [-0.39, 0.29) is 17.8 Å². The van der Waals surface area contributed by atoms with Gasteiger partial charge in [-0.15, -0.1) is 0 Å². The first-order chi connectivity index (χ1) is 9.54. The fraction of sp³-hybridized carbons (Fsp3) is 0.533. The Morgan fingerprint density at radius 1 is 1.35 bits per heavy atom. The minimum Gasteiger partial charge on any atom is -0.340 e. The molecule has 5 heteroatoms. The predicted molar refractivity (Wildman–Crippen MR) is 76.5 cm³/mol. The zero-order valence-corrected chi connectivity index (χ0v) is 11.9. The van der Waals surface area contributed by atoms with Crippen molar-refractivity contribution in [3.8, 4) is 0 Å². The number of halogens is 1. The number of likely N-dealkylation sites (tertiary alicyclic amines) is 1. The third kappa shape index (κ3) is 4.28. The molecule has 1 aliphatic heterocycles. The highest BCUT2D eigenvalue weighted by atomic mass is 19.1. The van der Waals surface area contributed by atoms with Gasteiger partial charge in [-0.3, -0.25) is 9.69 Å². The Hall–Kier alpha value is -1.46. The van der Waals surface area contributed by atoms with Gasteiger partial charge >= 0.3 is 0 Å². The van der Waals surface area contributed by atoms with Crippen molar-refractivity contribution in [3.63, 3.8) is 0 Å². The highest BCUT2D eigenvalue weighted by Crippen LogP contribution is 2.09. The molecule has 2 N–H and O–H groups in total. The Labute approximate surface area is 119 Å². The fourth-order valence-electron chi connectivity index (χ4n) is 2.37. The van der Waals surface area contributed by atoms with Crippen LogP contribution >= 0.6 is 0 Å². The van der Waals surface area contributed by atoms with Crippen LogP contribution < -0.4 is 5.73 Å². The van der Waals surface area contributed by atoms with Gasteiger partial charge in [-0.1, -0.05) is 12.1 Å². The molecule has 20 heavy (non-hydrogen) atoms. The quantitative estimate of drug-likeness (QED) is 0.901. The van der Waals surface area contributed by atoms with E-state index in [1.54, 1.807) is 24.1 Å². The third-order valence-corrected chi connectivity index (χ3v) is 3.75. The molecule has 0 spiro atoms. The van der Waals surface area contributed by atoms with Crippen LogP contribution in [0.3, 0.4) is 0 Å². The lowest BCUT2D eigenvalue weighted by atomic mass is 10.1. The predicted octanol–water partition coefficient (Wildman–Crippen LogP) is 1.21. The van der Waals surface area contributed by atoms with Crippen molar-refractivity contribution in [2.45, 2.75) is 25.4 Å². The van der Waals surface area contributed by atoms with Crippen molar-refractivity contribution in [1.29, 1.82) is 0 Å². The molecular formula is C15H22FN3O.